The molecule has 0 radical (unpaired) electrons. The molecule has 1 aliphatic rings. The summed E-state index contributed by atoms with van der Waals surface area (Å²) < 4.78 is 26.7. The van der Waals surface area contributed by atoms with E-state index in [0.29, 0.717) is 12.0 Å². The van der Waals surface area contributed by atoms with E-state index in [1.54, 1.807) is 6.07 Å². The molecule has 1 fully saturated rings. The molecule has 0 aromatic heterocycles. The number of nitrogens with zero attached hydrogens (tertiary/aromatic N) is 1. The van der Waals surface area contributed by atoms with Crippen LogP contribution in [-0.4, -0.2) is 31.1 Å². The Hall–Kier alpha value is -1.00. The fourth-order valence-corrected chi connectivity index (χ4v) is 3.32. The molecule has 4 heteroatoms. The minimum Gasteiger partial charge on any atom is -0.319 e. The lowest BCUT2D eigenvalue weighted by Crippen LogP contribution is -2.45. The van der Waals surface area contributed by atoms with Gasteiger partial charge < -0.3 is 5.32 Å². The van der Waals surface area contributed by atoms with Gasteiger partial charge in [-0.05, 0) is 70.4 Å². The summed E-state index contributed by atoms with van der Waals surface area (Å²) in [4.78, 5) is 2.40. The first-order valence-corrected chi connectivity index (χ1v) is 7.40. The third-order valence-electron chi connectivity index (χ3n) is 4.21. The molecular formula is C16H24F2N2. The average molecular weight is 282 g/mol. The van der Waals surface area contributed by atoms with E-state index in [-0.39, 0.29) is 6.04 Å². The molecule has 0 spiro atoms. The lowest BCUT2D eigenvalue weighted by Gasteiger charge is -2.44. The fraction of sp³-hybridized carbons (Fsp3) is 0.625. The van der Waals surface area contributed by atoms with Crippen molar-refractivity contribution in [1.29, 1.82) is 0 Å². The van der Waals surface area contributed by atoms with E-state index in [1.807, 2.05) is 7.05 Å². The lowest BCUT2D eigenvalue weighted by atomic mass is 9.83. The molecule has 1 aromatic rings. The number of rotatable bonds is 4. The van der Waals surface area contributed by atoms with E-state index >= 15 is 0 Å². The van der Waals surface area contributed by atoms with Crippen LogP contribution in [0.5, 0.6) is 0 Å². The maximum Gasteiger partial charge on any atom is 0.159 e. The molecule has 1 heterocycles. The van der Waals surface area contributed by atoms with Gasteiger partial charge >= 0.3 is 0 Å². The minimum absolute atomic E-state index is 0.159. The third kappa shape index (κ3) is 3.18. The molecule has 20 heavy (non-hydrogen) atoms. The molecule has 1 N–H and O–H groups in total. The van der Waals surface area contributed by atoms with Crippen LogP contribution in [0.25, 0.3) is 0 Å². The van der Waals surface area contributed by atoms with Crippen molar-refractivity contribution in [3.8, 4) is 0 Å². The maximum atomic E-state index is 13.6. The van der Waals surface area contributed by atoms with E-state index in [1.165, 1.54) is 12.1 Å². The summed E-state index contributed by atoms with van der Waals surface area (Å²) in [5.74, 6) is -1.09. The van der Waals surface area contributed by atoms with Crippen molar-refractivity contribution < 1.29 is 8.78 Å². The molecule has 1 aliphatic heterocycles. The second-order valence-corrected chi connectivity index (χ2v) is 5.91. The lowest BCUT2D eigenvalue weighted by molar-refractivity contribution is 0.0633. The van der Waals surface area contributed by atoms with Gasteiger partial charge in [-0.15, -0.1) is 0 Å². The number of hydrogen-bond acceptors (Lipinski definition) is 2. The summed E-state index contributed by atoms with van der Waals surface area (Å²) >= 11 is 0. The Morgan fingerprint density at radius 1 is 1.30 bits per heavy atom. The quantitative estimate of drug-likeness (QED) is 0.911. The molecule has 2 rings (SSSR count). The van der Waals surface area contributed by atoms with E-state index in [0.717, 1.165) is 31.5 Å². The predicted molar refractivity (Wildman–Crippen MR) is 77.6 cm³/mol. The van der Waals surface area contributed by atoms with Crippen LogP contribution in [-0.2, 0) is 0 Å². The largest absolute Gasteiger partial charge is 0.319 e. The van der Waals surface area contributed by atoms with Crippen molar-refractivity contribution in [1.82, 2.24) is 10.2 Å². The second kappa shape index (κ2) is 6.64. The van der Waals surface area contributed by atoms with Crippen molar-refractivity contribution >= 4 is 0 Å². The molecule has 0 bridgehead atoms. The van der Waals surface area contributed by atoms with Crippen molar-refractivity contribution in [3.63, 3.8) is 0 Å². The van der Waals surface area contributed by atoms with Crippen LogP contribution in [0.1, 0.15) is 38.3 Å². The summed E-state index contributed by atoms with van der Waals surface area (Å²) in [5.41, 5.74) is 0.887. The number of piperidine rings is 1. The Kier molecular flexibility index (Phi) is 5.11. The maximum absolute atomic E-state index is 13.6. The number of hydrogen-bond donors (Lipinski definition) is 1. The molecule has 2 unspecified atom stereocenters. The summed E-state index contributed by atoms with van der Waals surface area (Å²) in [6.07, 6.45) is 2.28. The van der Waals surface area contributed by atoms with Crippen molar-refractivity contribution in [2.75, 3.05) is 20.1 Å². The van der Waals surface area contributed by atoms with Crippen LogP contribution >= 0.6 is 0 Å². The number of halogens is 2. The van der Waals surface area contributed by atoms with Crippen LogP contribution in [0.3, 0.4) is 0 Å². The van der Waals surface area contributed by atoms with Crippen LogP contribution < -0.4 is 5.32 Å². The first kappa shape index (κ1) is 15.4. The Morgan fingerprint density at radius 2 is 2.05 bits per heavy atom. The zero-order valence-electron chi connectivity index (χ0n) is 12.5. The highest BCUT2D eigenvalue weighted by Crippen LogP contribution is 2.37. The van der Waals surface area contributed by atoms with Crippen molar-refractivity contribution in [3.05, 3.63) is 35.4 Å². The second-order valence-electron chi connectivity index (χ2n) is 5.91. The van der Waals surface area contributed by atoms with Crippen LogP contribution in [0.4, 0.5) is 8.78 Å². The molecule has 112 valence electrons. The molecule has 1 aromatic carbocycles. The zero-order valence-corrected chi connectivity index (χ0v) is 12.5. The van der Waals surface area contributed by atoms with Crippen LogP contribution in [0.15, 0.2) is 18.2 Å². The van der Waals surface area contributed by atoms with Crippen molar-refractivity contribution in [2.45, 2.75) is 38.8 Å². The van der Waals surface area contributed by atoms with Gasteiger partial charge in [0.05, 0.1) is 0 Å². The van der Waals surface area contributed by atoms with E-state index in [9.17, 15) is 8.78 Å². The van der Waals surface area contributed by atoms with Gasteiger partial charge in [0.2, 0.25) is 0 Å². The summed E-state index contributed by atoms with van der Waals surface area (Å²) in [6.45, 7) is 6.23. The number of nitrogens with one attached hydrogen (secondary N) is 1. The topological polar surface area (TPSA) is 15.3 Å². The van der Waals surface area contributed by atoms with Gasteiger partial charge in [0.25, 0.3) is 0 Å². The minimum atomic E-state index is -0.772. The Balaban J connectivity index is 2.35. The first-order valence-electron chi connectivity index (χ1n) is 7.40. The molecule has 0 saturated carbocycles. The molecule has 1 saturated heterocycles. The zero-order chi connectivity index (χ0) is 14.7. The standard InChI is InChI=1S/C16H24F2N2/c1-11(2)20-8-4-5-13(10-19-3)16(20)12-6-7-14(17)15(18)9-12/h6-7,9,11,13,16,19H,4-5,8,10H2,1-3H3. The molecular weight excluding hydrogens is 258 g/mol. The van der Waals surface area contributed by atoms with E-state index < -0.39 is 11.6 Å². The first-order chi connectivity index (χ1) is 9.54. The van der Waals surface area contributed by atoms with Gasteiger partial charge in [-0.25, -0.2) is 8.78 Å². The van der Waals surface area contributed by atoms with Gasteiger partial charge in [0.15, 0.2) is 11.6 Å². The summed E-state index contributed by atoms with van der Waals surface area (Å²) in [6, 6.07) is 4.89. The summed E-state index contributed by atoms with van der Waals surface area (Å²) in [5, 5.41) is 3.23. The van der Waals surface area contributed by atoms with Crippen molar-refractivity contribution in [2.24, 2.45) is 5.92 Å². The monoisotopic (exact) mass is 282 g/mol. The molecule has 0 amide bonds. The smallest absolute Gasteiger partial charge is 0.159 e. The van der Waals surface area contributed by atoms with Gasteiger partial charge in [-0.2, -0.15) is 0 Å². The van der Waals surface area contributed by atoms with Gasteiger partial charge in [-0.1, -0.05) is 6.07 Å². The molecule has 0 aliphatic carbocycles. The highest BCUT2D eigenvalue weighted by atomic mass is 19.2. The highest BCUT2D eigenvalue weighted by molar-refractivity contribution is 5.23. The molecule has 2 atom stereocenters. The fourth-order valence-electron chi connectivity index (χ4n) is 3.32. The number of benzene rings is 1. The number of likely N-dealkylation sites (tertiary alicyclic amines) is 1. The molecule has 2 nitrogen and oxygen atoms in total. The SMILES string of the molecule is CNCC1CCCN(C(C)C)C1c1ccc(F)c(F)c1. The highest BCUT2D eigenvalue weighted by Gasteiger charge is 2.33. The predicted octanol–water partition coefficient (Wildman–Crippen LogP) is 3.35. The normalized spacial score (nSPS) is 24.3. The van der Waals surface area contributed by atoms with Crippen LogP contribution in [0.2, 0.25) is 0 Å². The van der Waals surface area contributed by atoms with E-state index in [2.05, 4.69) is 24.1 Å². The van der Waals surface area contributed by atoms with Gasteiger partial charge in [0.1, 0.15) is 0 Å². The Morgan fingerprint density at radius 3 is 2.65 bits per heavy atom. The Labute approximate surface area is 120 Å². The summed E-state index contributed by atoms with van der Waals surface area (Å²) in [7, 11) is 1.94. The average Bonchev–Trinajstić information content (AvgIpc) is 2.42. The van der Waals surface area contributed by atoms with Gasteiger partial charge in [-0.3, -0.25) is 4.90 Å². The van der Waals surface area contributed by atoms with E-state index in [4.69, 9.17) is 0 Å². The van der Waals surface area contributed by atoms with Gasteiger partial charge in [0, 0.05) is 12.1 Å². The third-order valence-corrected chi connectivity index (χ3v) is 4.21. The Bertz CT molecular complexity index is 446. The van der Waals surface area contributed by atoms with Crippen LogP contribution in [0, 0.1) is 17.6 Å².